The van der Waals surface area contributed by atoms with Crippen LogP contribution < -0.4 is 5.73 Å². The first-order valence-electron chi connectivity index (χ1n) is 4.83. The Balaban J connectivity index is 2.46. The Morgan fingerprint density at radius 3 is 2.82 bits per heavy atom. The van der Waals surface area contributed by atoms with Crippen molar-refractivity contribution in [3.8, 4) is 11.4 Å². The van der Waals surface area contributed by atoms with E-state index in [-0.39, 0.29) is 17.9 Å². The van der Waals surface area contributed by atoms with Crippen molar-refractivity contribution in [3.63, 3.8) is 0 Å². The lowest BCUT2D eigenvalue weighted by Crippen LogP contribution is -2.18. The summed E-state index contributed by atoms with van der Waals surface area (Å²) in [6.07, 6.45) is 2.92. The van der Waals surface area contributed by atoms with Crippen LogP contribution in [0.3, 0.4) is 0 Å². The summed E-state index contributed by atoms with van der Waals surface area (Å²) in [7, 11) is 0. The average molecular weight is 237 g/mol. The lowest BCUT2D eigenvalue weighted by atomic mass is 10.2. The molecular weight excluding hydrogens is 228 g/mol. The van der Waals surface area contributed by atoms with E-state index >= 15 is 0 Å². The van der Waals surface area contributed by atoms with Gasteiger partial charge in [0.25, 0.3) is 0 Å². The number of amides is 1. The van der Waals surface area contributed by atoms with Gasteiger partial charge in [0.2, 0.25) is 5.91 Å². The van der Waals surface area contributed by atoms with Crippen molar-refractivity contribution in [1.82, 2.24) is 9.55 Å². The van der Waals surface area contributed by atoms with Crippen molar-refractivity contribution in [3.05, 3.63) is 42.2 Å². The van der Waals surface area contributed by atoms with Gasteiger partial charge in [0.15, 0.2) is 0 Å². The number of carbonyl (C=O) groups is 1. The van der Waals surface area contributed by atoms with Gasteiger partial charge in [0.1, 0.15) is 24.0 Å². The van der Waals surface area contributed by atoms with Crippen LogP contribution in [0.4, 0.5) is 8.78 Å². The van der Waals surface area contributed by atoms with E-state index in [1.54, 1.807) is 0 Å². The van der Waals surface area contributed by atoms with Crippen LogP contribution in [0.5, 0.6) is 0 Å². The van der Waals surface area contributed by atoms with Crippen LogP contribution in [-0.4, -0.2) is 15.5 Å². The number of hydrogen-bond donors (Lipinski definition) is 1. The Morgan fingerprint density at radius 2 is 2.18 bits per heavy atom. The quantitative estimate of drug-likeness (QED) is 0.874. The molecule has 0 spiro atoms. The lowest BCUT2D eigenvalue weighted by Gasteiger charge is -2.06. The molecule has 1 aromatic carbocycles. The molecule has 17 heavy (non-hydrogen) atoms. The largest absolute Gasteiger partial charge is 0.368 e. The zero-order chi connectivity index (χ0) is 12.4. The number of rotatable bonds is 3. The lowest BCUT2D eigenvalue weighted by molar-refractivity contribution is -0.118. The van der Waals surface area contributed by atoms with E-state index in [0.717, 1.165) is 12.1 Å². The zero-order valence-corrected chi connectivity index (χ0v) is 8.73. The number of aromatic nitrogens is 2. The highest BCUT2D eigenvalue weighted by Crippen LogP contribution is 2.21. The molecule has 1 amide bonds. The van der Waals surface area contributed by atoms with E-state index < -0.39 is 17.5 Å². The molecule has 1 aromatic heterocycles. The molecule has 6 heteroatoms. The van der Waals surface area contributed by atoms with Crippen molar-refractivity contribution in [2.75, 3.05) is 0 Å². The van der Waals surface area contributed by atoms with E-state index in [1.807, 2.05) is 0 Å². The second-order valence-corrected chi connectivity index (χ2v) is 3.47. The molecule has 0 atom stereocenters. The fourth-order valence-electron chi connectivity index (χ4n) is 1.52. The van der Waals surface area contributed by atoms with E-state index in [0.29, 0.717) is 0 Å². The molecule has 0 unspecified atom stereocenters. The minimum Gasteiger partial charge on any atom is -0.368 e. The van der Waals surface area contributed by atoms with Gasteiger partial charge in [-0.3, -0.25) is 4.79 Å². The van der Waals surface area contributed by atoms with Crippen LogP contribution in [-0.2, 0) is 11.3 Å². The van der Waals surface area contributed by atoms with Crippen molar-refractivity contribution < 1.29 is 13.6 Å². The highest BCUT2D eigenvalue weighted by Gasteiger charge is 2.12. The van der Waals surface area contributed by atoms with Crippen molar-refractivity contribution in [2.24, 2.45) is 5.73 Å². The molecule has 0 aliphatic carbocycles. The SMILES string of the molecule is NC(=O)Cn1ccnc1-c1ccc(F)cc1F. The second kappa shape index (κ2) is 4.32. The summed E-state index contributed by atoms with van der Waals surface area (Å²) < 4.78 is 27.7. The van der Waals surface area contributed by atoms with Crippen molar-refractivity contribution in [2.45, 2.75) is 6.54 Å². The van der Waals surface area contributed by atoms with Gasteiger partial charge in [0, 0.05) is 18.5 Å². The summed E-state index contributed by atoms with van der Waals surface area (Å²) in [5.74, 6) is -1.73. The first-order valence-corrected chi connectivity index (χ1v) is 4.83. The predicted octanol–water partition coefficient (Wildman–Crippen LogP) is 1.31. The molecule has 0 aliphatic rings. The van der Waals surface area contributed by atoms with Crippen LogP contribution in [0.25, 0.3) is 11.4 Å². The third kappa shape index (κ3) is 2.30. The minimum atomic E-state index is -0.734. The highest BCUT2D eigenvalue weighted by atomic mass is 19.1. The third-order valence-electron chi connectivity index (χ3n) is 2.21. The fourth-order valence-corrected chi connectivity index (χ4v) is 1.52. The molecule has 0 bridgehead atoms. The molecule has 2 N–H and O–H groups in total. The Morgan fingerprint density at radius 1 is 1.41 bits per heavy atom. The molecule has 4 nitrogen and oxygen atoms in total. The molecule has 0 saturated heterocycles. The van der Waals surface area contributed by atoms with Gasteiger partial charge in [0.05, 0.1) is 5.56 Å². The van der Waals surface area contributed by atoms with Crippen LogP contribution in [0.1, 0.15) is 0 Å². The molecule has 0 aliphatic heterocycles. The van der Waals surface area contributed by atoms with Crippen LogP contribution >= 0.6 is 0 Å². The number of nitrogens with zero attached hydrogens (tertiary/aromatic N) is 2. The fraction of sp³-hybridized carbons (Fsp3) is 0.0909. The molecule has 88 valence electrons. The highest BCUT2D eigenvalue weighted by molar-refractivity contribution is 5.74. The number of benzene rings is 1. The standard InChI is InChI=1S/C11H9F2N3O/c12-7-1-2-8(9(13)5-7)11-15-3-4-16(11)6-10(14)17/h1-5H,6H2,(H2,14,17). The monoisotopic (exact) mass is 237 g/mol. The Kier molecular flexibility index (Phi) is 2.86. The Bertz CT molecular complexity index is 566. The zero-order valence-electron chi connectivity index (χ0n) is 8.73. The number of hydrogen-bond acceptors (Lipinski definition) is 2. The molecule has 0 saturated carbocycles. The summed E-state index contributed by atoms with van der Waals surface area (Å²) in [6, 6.07) is 3.16. The molecule has 0 radical (unpaired) electrons. The first kappa shape index (κ1) is 11.3. The molecule has 2 aromatic rings. The second-order valence-electron chi connectivity index (χ2n) is 3.47. The van der Waals surface area contributed by atoms with Gasteiger partial charge in [-0.1, -0.05) is 0 Å². The normalized spacial score (nSPS) is 10.5. The number of imidazole rings is 1. The van der Waals surface area contributed by atoms with E-state index in [2.05, 4.69) is 4.98 Å². The number of primary amides is 1. The number of halogens is 2. The molecule has 2 rings (SSSR count). The van der Waals surface area contributed by atoms with Crippen molar-refractivity contribution >= 4 is 5.91 Å². The molecular formula is C11H9F2N3O. The average Bonchev–Trinajstić information content (AvgIpc) is 2.65. The van der Waals surface area contributed by atoms with Gasteiger partial charge in [-0.15, -0.1) is 0 Å². The van der Waals surface area contributed by atoms with Crippen LogP contribution in [0, 0.1) is 11.6 Å². The smallest absolute Gasteiger partial charge is 0.237 e. The summed E-state index contributed by atoms with van der Waals surface area (Å²) in [4.78, 5) is 14.7. The van der Waals surface area contributed by atoms with E-state index in [9.17, 15) is 13.6 Å². The third-order valence-corrected chi connectivity index (χ3v) is 2.21. The van der Waals surface area contributed by atoms with Crippen LogP contribution in [0.2, 0.25) is 0 Å². The Hall–Kier alpha value is -2.24. The van der Waals surface area contributed by atoms with Gasteiger partial charge in [-0.05, 0) is 12.1 Å². The summed E-state index contributed by atoms with van der Waals surface area (Å²) in [6.45, 7) is -0.105. The Labute approximate surface area is 95.7 Å². The molecule has 0 fully saturated rings. The first-order chi connectivity index (χ1) is 8.08. The maximum absolute atomic E-state index is 13.5. The maximum atomic E-state index is 13.5. The maximum Gasteiger partial charge on any atom is 0.237 e. The minimum absolute atomic E-state index is 0.105. The van der Waals surface area contributed by atoms with Crippen LogP contribution in [0.15, 0.2) is 30.6 Å². The number of carbonyl (C=O) groups excluding carboxylic acids is 1. The summed E-state index contributed by atoms with van der Waals surface area (Å²) in [5, 5.41) is 0. The predicted molar refractivity (Wildman–Crippen MR) is 56.8 cm³/mol. The topological polar surface area (TPSA) is 60.9 Å². The number of nitrogens with two attached hydrogens (primary N) is 1. The van der Waals surface area contributed by atoms with E-state index in [1.165, 1.54) is 23.0 Å². The summed E-state index contributed by atoms with van der Waals surface area (Å²) in [5.41, 5.74) is 5.17. The van der Waals surface area contributed by atoms with E-state index in [4.69, 9.17) is 5.73 Å². The van der Waals surface area contributed by atoms with Gasteiger partial charge in [-0.25, -0.2) is 13.8 Å². The van der Waals surface area contributed by atoms with Gasteiger partial charge < -0.3 is 10.3 Å². The molecule has 1 heterocycles. The van der Waals surface area contributed by atoms with Gasteiger partial charge >= 0.3 is 0 Å². The summed E-state index contributed by atoms with van der Waals surface area (Å²) >= 11 is 0. The van der Waals surface area contributed by atoms with Crippen molar-refractivity contribution in [1.29, 1.82) is 0 Å². The van der Waals surface area contributed by atoms with Gasteiger partial charge in [-0.2, -0.15) is 0 Å².